The lowest BCUT2D eigenvalue weighted by Crippen LogP contribution is -2.42. The van der Waals surface area contributed by atoms with Crippen molar-refractivity contribution in [1.82, 2.24) is 4.90 Å². The van der Waals surface area contributed by atoms with E-state index in [2.05, 4.69) is 40.2 Å². The van der Waals surface area contributed by atoms with Crippen LogP contribution in [0, 0.1) is 5.92 Å². The number of hydrogen-bond donors (Lipinski definition) is 0. The van der Waals surface area contributed by atoms with E-state index in [0.717, 1.165) is 23.9 Å². The Labute approximate surface area is 134 Å². The summed E-state index contributed by atoms with van der Waals surface area (Å²) >= 11 is 3.48. The Morgan fingerprint density at radius 3 is 2.43 bits per heavy atom. The molecular weight excluding hydrogens is 330 g/mol. The molecule has 1 saturated heterocycles. The second-order valence-corrected chi connectivity index (χ2v) is 8.09. The summed E-state index contributed by atoms with van der Waals surface area (Å²) in [5.41, 5.74) is 0.985. The van der Waals surface area contributed by atoms with Crippen LogP contribution < -0.4 is 0 Å². The zero-order valence-corrected chi connectivity index (χ0v) is 14.4. The van der Waals surface area contributed by atoms with Gasteiger partial charge in [0.2, 0.25) is 0 Å². The number of likely N-dealkylation sites (tertiary alicyclic amines) is 1. The predicted molar refractivity (Wildman–Crippen MR) is 86.3 cm³/mol. The van der Waals surface area contributed by atoms with Crippen LogP contribution in [0.1, 0.15) is 45.1 Å². The minimum atomic E-state index is -0.413. The number of amides is 1. The minimum Gasteiger partial charge on any atom is -0.444 e. The average Bonchev–Trinajstić information content (AvgIpc) is 2.97. The van der Waals surface area contributed by atoms with Gasteiger partial charge in [0.05, 0.1) is 0 Å². The van der Waals surface area contributed by atoms with Crippen molar-refractivity contribution in [2.75, 3.05) is 6.54 Å². The first-order valence-corrected chi connectivity index (χ1v) is 8.38. The summed E-state index contributed by atoms with van der Waals surface area (Å²) in [6.07, 6.45) is 2.02. The molecule has 3 atom stereocenters. The van der Waals surface area contributed by atoms with Gasteiger partial charge in [-0.2, -0.15) is 0 Å². The molecule has 1 aliphatic heterocycles. The van der Waals surface area contributed by atoms with E-state index in [9.17, 15) is 4.79 Å². The molecule has 1 saturated carbocycles. The second kappa shape index (κ2) is 5.31. The number of nitrogens with zero attached hydrogens (tertiary/aromatic N) is 1. The van der Waals surface area contributed by atoms with Gasteiger partial charge < -0.3 is 9.64 Å². The van der Waals surface area contributed by atoms with E-state index in [1.165, 1.54) is 5.56 Å². The molecule has 3 rings (SSSR count). The van der Waals surface area contributed by atoms with E-state index in [-0.39, 0.29) is 6.09 Å². The molecule has 2 fully saturated rings. The molecule has 0 N–H and O–H groups in total. The van der Waals surface area contributed by atoms with E-state index in [1.807, 2.05) is 25.7 Å². The quantitative estimate of drug-likeness (QED) is 0.741. The summed E-state index contributed by atoms with van der Waals surface area (Å²) in [6, 6.07) is 8.96. The average molecular weight is 352 g/mol. The monoisotopic (exact) mass is 351 g/mol. The molecule has 4 heteroatoms. The maximum Gasteiger partial charge on any atom is 0.410 e. The lowest BCUT2D eigenvalue weighted by Gasteiger charge is -2.33. The van der Waals surface area contributed by atoms with Crippen molar-refractivity contribution in [2.24, 2.45) is 5.92 Å². The standard InChI is InChI=1S/C17H22BrNO2/c1-17(2,3)21-16(20)19-10-12-8-14(19)9-15(12)11-4-6-13(18)7-5-11/h4-7,12,14-15H,8-10H2,1-3H3/t12-,14-,15-/m1/s1. The van der Waals surface area contributed by atoms with Crippen molar-refractivity contribution in [2.45, 2.75) is 51.2 Å². The number of ether oxygens (including phenoxy) is 1. The topological polar surface area (TPSA) is 29.5 Å². The molecule has 3 nitrogen and oxygen atoms in total. The zero-order valence-electron chi connectivity index (χ0n) is 12.8. The van der Waals surface area contributed by atoms with Crippen molar-refractivity contribution < 1.29 is 9.53 Å². The van der Waals surface area contributed by atoms with Gasteiger partial charge >= 0.3 is 6.09 Å². The SMILES string of the molecule is CC(C)(C)OC(=O)N1C[C@H]2C[C@@H]1C[C@@H]2c1ccc(Br)cc1. The van der Waals surface area contributed by atoms with Crippen LogP contribution >= 0.6 is 15.9 Å². The molecule has 1 heterocycles. The summed E-state index contributed by atoms with van der Waals surface area (Å²) in [6.45, 7) is 6.60. The van der Waals surface area contributed by atoms with Gasteiger partial charge in [0, 0.05) is 17.1 Å². The molecular formula is C17H22BrNO2. The van der Waals surface area contributed by atoms with Gasteiger partial charge in [-0.15, -0.1) is 0 Å². The maximum absolute atomic E-state index is 12.2. The van der Waals surface area contributed by atoms with Crippen molar-refractivity contribution in [3.05, 3.63) is 34.3 Å². The van der Waals surface area contributed by atoms with Crippen LogP contribution in [0.15, 0.2) is 28.7 Å². The molecule has 1 aliphatic carbocycles. The van der Waals surface area contributed by atoms with Crippen LogP contribution in [-0.4, -0.2) is 29.2 Å². The molecule has 1 amide bonds. The van der Waals surface area contributed by atoms with Gasteiger partial charge in [0.25, 0.3) is 0 Å². The highest BCUT2D eigenvalue weighted by Crippen LogP contribution is 2.47. The molecule has 21 heavy (non-hydrogen) atoms. The van der Waals surface area contributed by atoms with Gasteiger partial charge in [-0.25, -0.2) is 4.79 Å². The van der Waals surface area contributed by atoms with Gasteiger partial charge in [0.1, 0.15) is 5.60 Å². The third kappa shape index (κ3) is 3.10. The number of fused-ring (bicyclic) bond motifs is 2. The number of rotatable bonds is 1. The lowest BCUT2D eigenvalue weighted by atomic mass is 9.88. The van der Waals surface area contributed by atoms with Crippen molar-refractivity contribution in [3.63, 3.8) is 0 Å². The van der Waals surface area contributed by atoms with Crippen molar-refractivity contribution >= 4 is 22.0 Å². The van der Waals surface area contributed by atoms with Gasteiger partial charge in [-0.05, 0) is 63.1 Å². The van der Waals surface area contributed by atoms with Crippen LogP contribution in [0.5, 0.6) is 0 Å². The summed E-state index contributed by atoms with van der Waals surface area (Å²) in [4.78, 5) is 14.2. The fraction of sp³-hybridized carbons (Fsp3) is 0.588. The van der Waals surface area contributed by atoms with Gasteiger partial charge in [-0.1, -0.05) is 28.1 Å². The number of carbonyl (C=O) groups excluding carboxylic acids is 1. The molecule has 0 unspecified atom stereocenters. The van der Waals surface area contributed by atoms with Gasteiger partial charge in [0.15, 0.2) is 0 Å². The first kappa shape index (κ1) is 14.9. The second-order valence-electron chi connectivity index (χ2n) is 7.18. The van der Waals surface area contributed by atoms with E-state index in [0.29, 0.717) is 17.9 Å². The smallest absolute Gasteiger partial charge is 0.410 e. The van der Waals surface area contributed by atoms with Crippen LogP contribution in [0.25, 0.3) is 0 Å². The molecule has 1 aromatic carbocycles. The largest absolute Gasteiger partial charge is 0.444 e. The Morgan fingerprint density at radius 1 is 1.24 bits per heavy atom. The number of carbonyl (C=O) groups is 1. The highest BCUT2D eigenvalue weighted by atomic mass is 79.9. The van der Waals surface area contributed by atoms with E-state index in [4.69, 9.17) is 4.74 Å². The van der Waals surface area contributed by atoms with Crippen molar-refractivity contribution in [1.29, 1.82) is 0 Å². The summed E-state index contributed by atoms with van der Waals surface area (Å²) in [5, 5.41) is 0. The van der Waals surface area contributed by atoms with Gasteiger partial charge in [-0.3, -0.25) is 0 Å². The highest BCUT2D eigenvalue weighted by Gasteiger charge is 2.47. The van der Waals surface area contributed by atoms with Crippen LogP contribution in [0.4, 0.5) is 4.79 Å². The third-order valence-corrected chi connectivity index (χ3v) is 5.00. The van der Waals surface area contributed by atoms with E-state index >= 15 is 0 Å². The first-order chi connectivity index (χ1) is 9.83. The number of hydrogen-bond acceptors (Lipinski definition) is 2. The summed E-state index contributed by atoms with van der Waals surface area (Å²) in [5.74, 6) is 1.16. The first-order valence-electron chi connectivity index (χ1n) is 7.58. The molecule has 0 aromatic heterocycles. The molecule has 1 aromatic rings. The highest BCUT2D eigenvalue weighted by molar-refractivity contribution is 9.10. The maximum atomic E-state index is 12.2. The molecule has 2 bridgehead atoms. The zero-order chi connectivity index (χ0) is 15.2. The van der Waals surface area contributed by atoms with Crippen LogP contribution in [0.2, 0.25) is 0 Å². The normalized spacial score (nSPS) is 28.0. The van der Waals surface area contributed by atoms with E-state index in [1.54, 1.807) is 0 Å². The Hall–Kier alpha value is -1.03. The number of halogens is 1. The Morgan fingerprint density at radius 2 is 1.90 bits per heavy atom. The Balaban J connectivity index is 1.66. The Bertz CT molecular complexity index is 535. The molecule has 2 aliphatic rings. The molecule has 114 valence electrons. The summed E-state index contributed by atoms with van der Waals surface area (Å²) in [7, 11) is 0. The number of piperidine rings is 1. The van der Waals surface area contributed by atoms with Crippen molar-refractivity contribution in [3.8, 4) is 0 Å². The van der Waals surface area contributed by atoms with Crippen LogP contribution in [0.3, 0.4) is 0 Å². The van der Waals surface area contributed by atoms with E-state index < -0.39 is 5.60 Å². The lowest BCUT2D eigenvalue weighted by molar-refractivity contribution is 0.0181. The Kier molecular flexibility index (Phi) is 3.76. The summed E-state index contributed by atoms with van der Waals surface area (Å²) < 4.78 is 6.63. The predicted octanol–water partition coefficient (Wildman–Crippen LogP) is 4.56. The molecule has 0 radical (unpaired) electrons. The number of benzene rings is 1. The minimum absolute atomic E-state index is 0.149. The third-order valence-electron chi connectivity index (χ3n) is 4.47. The molecule has 0 spiro atoms. The van der Waals surface area contributed by atoms with Crippen LogP contribution in [-0.2, 0) is 4.74 Å². The fourth-order valence-electron chi connectivity index (χ4n) is 3.62. The fourth-order valence-corrected chi connectivity index (χ4v) is 3.88.